The number of nitrogens with one attached hydrogen (secondary N) is 5. The van der Waals surface area contributed by atoms with Gasteiger partial charge in [0, 0.05) is 67.8 Å². The van der Waals surface area contributed by atoms with Gasteiger partial charge in [0.25, 0.3) is 0 Å². The van der Waals surface area contributed by atoms with Gasteiger partial charge in [0.15, 0.2) is 0 Å². The Kier molecular flexibility index (Phi) is 20.9. The van der Waals surface area contributed by atoms with Gasteiger partial charge in [-0.15, -0.1) is 0 Å². The quantitative estimate of drug-likeness (QED) is 0.0475. The number of urea groups is 1. The average molecular weight is 885 g/mol. The summed E-state index contributed by atoms with van der Waals surface area (Å²) >= 11 is 1.89. The fraction of sp³-hybridized carbons (Fsp3) is 0.558. The first-order chi connectivity index (χ1) is 29.3. The van der Waals surface area contributed by atoms with Gasteiger partial charge in [-0.05, 0) is 54.2 Å². The van der Waals surface area contributed by atoms with Crippen molar-refractivity contribution in [3.8, 4) is 0 Å². The number of carbonyl (C=O) groups is 5. The number of hydrogen-bond acceptors (Lipinski definition) is 11. The van der Waals surface area contributed by atoms with Crippen molar-refractivity contribution in [1.29, 1.82) is 0 Å². The van der Waals surface area contributed by atoms with Crippen molar-refractivity contribution in [1.82, 2.24) is 26.6 Å². The van der Waals surface area contributed by atoms with Crippen LogP contribution in [-0.4, -0.2) is 124 Å². The smallest absolute Gasteiger partial charge is 0.315 e. The van der Waals surface area contributed by atoms with Crippen LogP contribution in [0, 0.1) is 0 Å². The Bertz CT molecular complexity index is 1750. The van der Waals surface area contributed by atoms with Crippen LogP contribution in [0.5, 0.6) is 0 Å². The molecule has 328 valence electrons. The van der Waals surface area contributed by atoms with Crippen LogP contribution in [0.1, 0.15) is 68.6 Å². The number of anilines is 1. The number of para-hydroxylation sites is 1. The fourth-order valence-corrected chi connectivity index (χ4v) is 10.6. The van der Waals surface area contributed by atoms with Crippen molar-refractivity contribution < 1.29 is 38.2 Å². The lowest BCUT2D eigenvalue weighted by molar-refractivity contribution is -0.125. The topological polar surface area (TPSA) is 176 Å². The molecule has 5 rings (SSSR count). The first kappa shape index (κ1) is 47.3. The monoisotopic (exact) mass is 884 g/mol. The third-order valence-corrected chi connectivity index (χ3v) is 14.1. The van der Waals surface area contributed by atoms with E-state index in [2.05, 4.69) is 45.7 Å². The highest BCUT2D eigenvalue weighted by atomic mass is 33.1. The van der Waals surface area contributed by atoms with E-state index in [1.807, 2.05) is 54.2 Å². The second-order valence-corrected chi connectivity index (χ2v) is 18.6. The zero-order chi connectivity index (χ0) is 42.4. The Balaban J connectivity index is 0.767. The predicted octanol–water partition coefficient (Wildman–Crippen LogP) is 4.77. The molecule has 3 aliphatic rings. The van der Waals surface area contributed by atoms with Crippen molar-refractivity contribution in [2.45, 2.75) is 75.7 Å². The normalized spacial score (nSPS) is 18.8. The molecule has 0 spiro atoms. The van der Waals surface area contributed by atoms with E-state index in [-0.39, 0.29) is 54.6 Å². The molecular formula is C43H60N6O8S3. The summed E-state index contributed by atoms with van der Waals surface area (Å²) in [6.07, 6.45) is 6.01. The molecule has 3 aliphatic heterocycles. The van der Waals surface area contributed by atoms with E-state index in [4.69, 9.17) is 14.2 Å². The highest BCUT2D eigenvalue weighted by Gasteiger charge is 2.42. The number of allylic oxidation sites excluding steroid dienone is 1. The van der Waals surface area contributed by atoms with Crippen molar-refractivity contribution in [2.75, 3.05) is 81.4 Å². The summed E-state index contributed by atoms with van der Waals surface area (Å²) in [6, 6.07) is 16.4. The lowest BCUT2D eigenvalue weighted by Crippen LogP contribution is -2.36. The molecule has 0 saturated carbocycles. The highest BCUT2D eigenvalue weighted by Crippen LogP contribution is 2.34. The third-order valence-electron chi connectivity index (χ3n) is 10.2. The number of nitrogens with zero attached hydrogens (tertiary/aromatic N) is 1. The van der Waals surface area contributed by atoms with Crippen LogP contribution in [-0.2, 0) is 39.9 Å². The number of carbonyl (C=O) groups excluding carboxylic acids is 5. The first-order valence-corrected chi connectivity index (χ1v) is 24.4. The van der Waals surface area contributed by atoms with E-state index in [1.165, 1.54) is 0 Å². The fourth-order valence-electron chi connectivity index (χ4n) is 7.13. The van der Waals surface area contributed by atoms with E-state index in [9.17, 15) is 24.0 Å². The molecule has 2 fully saturated rings. The van der Waals surface area contributed by atoms with Gasteiger partial charge in [-0.2, -0.15) is 11.8 Å². The minimum Gasteiger partial charge on any atom is -0.377 e. The molecule has 6 amide bonds. The summed E-state index contributed by atoms with van der Waals surface area (Å²) in [5.74, 6) is 2.04. The Morgan fingerprint density at radius 3 is 2.18 bits per heavy atom. The van der Waals surface area contributed by atoms with Gasteiger partial charge < -0.3 is 45.7 Å². The zero-order valence-corrected chi connectivity index (χ0v) is 37.0. The van der Waals surface area contributed by atoms with Crippen LogP contribution in [0.3, 0.4) is 0 Å². The second kappa shape index (κ2) is 26.6. The number of fused-ring (bicyclic) bond motifs is 3. The molecule has 14 nitrogen and oxygen atoms in total. The number of amides is 6. The summed E-state index contributed by atoms with van der Waals surface area (Å²) in [4.78, 5) is 63.5. The largest absolute Gasteiger partial charge is 0.377 e. The van der Waals surface area contributed by atoms with Crippen molar-refractivity contribution in [2.24, 2.45) is 0 Å². The third kappa shape index (κ3) is 16.3. The number of benzene rings is 2. The standard InChI is InChI=1S/C43H60N6O8S3/c1-31-28-32-8-3-5-11-36(32)49(29-33-9-2-4-10-34(31)33)41(53)15-14-39(51)46-19-27-60-59-26-16-40(52)45-18-21-56-23-25-57-24-22-55-20-17-44-38(50)13-7-6-12-37-42-35(30-58-37)47-43(54)48-42/h2-5,8-11,28,35,37,42H,6-7,12-27,29-30H2,1H3,(H,44,50)(H,45,52)(H,46,51)(H2,47,48,54)/b31-28-/t35-,37-,42-/m0/s1. The van der Waals surface area contributed by atoms with Crippen molar-refractivity contribution in [3.63, 3.8) is 0 Å². The molecule has 3 heterocycles. The summed E-state index contributed by atoms with van der Waals surface area (Å²) in [6.45, 7) is 6.41. The molecule has 0 unspecified atom stereocenters. The van der Waals surface area contributed by atoms with Crippen LogP contribution >= 0.6 is 33.3 Å². The van der Waals surface area contributed by atoms with Gasteiger partial charge in [0.1, 0.15) is 0 Å². The lowest BCUT2D eigenvalue weighted by atomic mass is 9.95. The summed E-state index contributed by atoms with van der Waals surface area (Å²) < 4.78 is 16.6. The minimum absolute atomic E-state index is 0.0262. The van der Waals surface area contributed by atoms with Crippen molar-refractivity contribution >= 4 is 80.3 Å². The Morgan fingerprint density at radius 1 is 0.750 bits per heavy atom. The molecule has 2 saturated heterocycles. The van der Waals surface area contributed by atoms with Gasteiger partial charge in [-0.3, -0.25) is 19.2 Å². The van der Waals surface area contributed by atoms with E-state index in [0.29, 0.717) is 95.4 Å². The maximum atomic E-state index is 13.4. The van der Waals surface area contributed by atoms with Crippen molar-refractivity contribution in [3.05, 3.63) is 65.2 Å². The maximum Gasteiger partial charge on any atom is 0.315 e. The van der Waals surface area contributed by atoms with Gasteiger partial charge in [-0.1, -0.05) is 70.5 Å². The van der Waals surface area contributed by atoms with Crippen LogP contribution < -0.4 is 31.5 Å². The molecule has 0 aliphatic carbocycles. The van der Waals surface area contributed by atoms with Gasteiger partial charge in [-0.25, -0.2) is 4.79 Å². The molecular weight excluding hydrogens is 825 g/mol. The first-order valence-electron chi connectivity index (χ1n) is 20.9. The Hall–Kier alpha value is -3.74. The SMILES string of the molecule is C/C1=C/c2ccccc2N(C(=O)CCC(=O)NCCSSCCC(=O)NCCOCCOCCOCCNC(=O)CCCC[C@@H]2SC[C@@H]3NC(=O)N[C@@H]32)Cc2ccccc21. The maximum absolute atomic E-state index is 13.4. The molecule has 60 heavy (non-hydrogen) atoms. The van der Waals surface area contributed by atoms with Gasteiger partial charge >= 0.3 is 6.03 Å². The van der Waals surface area contributed by atoms with E-state index < -0.39 is 0 Å². The lowest BCUT2D eigenvalue weighted by Gasteiger charge is -2.28. The number of thioether (sulfide) groups is 1. The molecule has 17 heteroatoms. The molecule has 2 aromatic carbocycles. The van der Waals surface area contributed by atoms with Gasteiger partial charge in [0.05, 0.1) is 64.0 Å². The molecule has 0 bridgehead atoms. The van der Waals surface area contributed by atoms with Gasteiger partial charge in [0.2, 0.25) is 23.6 Å². The minimum atomic E-state index is -0.154. The number of hydrogen-bond donors (Lipinski definition) is 5. The van der Waals surface area contributed by atoms with E-state index in [0.717, 1.165) is 53.0 Å². The van der Waals surface area contributed by atoms with E-state index >= 15 is 0 Å². The van der Waals surface area contributed by atoms with Crippen LogP contribution in [0.4, 0.5) is 10.5 Å². The zero-order valence-electron chi connectivity index (χ0n) is 34.5. The summed E-state index contributed by atoms with van der Waals surface area (Å²) in [5, 5.41) is 15.0. The second-order valence-electron chi connectivity index (χ2n) is 14.7. The van der Waals surface area contributed by atoms with E-state index in [1.54, 1.807) is 26.5 Å². The number of rotatable bonds is 27. The predicted molar refractivity (Wildman–Crippen MR) is 242 cm³/mol. The van der Waals surface area contributed by atoms with Crippen LogP contribution in [0.15, 0.2) is 48.5 Å². The average Bonchev–Trinajstić information content (AvgIpc) is 3.80. The summed E-state index contributed by atoms with van der Waals surface area (Å²) in [7, 11) is 3.18. The molecule has 2 aromatic rings. The molecule has 0 aromatic heterocycles. The Labute approximate surface area is 366 Å². The molecule has 5 N–H and O–H groups in total. The number of unbranched alkanes of at least 4 members (excludes halogenated alkanes) is 1. The summed E-state index contributed by atoms with van der Waals surface area (Å²) in [5.41, 5.74) is 5.17. The highest BCUT2D eigenvalue weighted by molar-refractivity contribution is 8.76. The Morgan fingerprint density at radius 2 is 1.40 bits per heavy atom. The molecule has 3 atom stereocenters. The van der Waals surface area contributed by atoms with Crippen LogP contribution in [0.25, 0.3) is 11.6 Å². The van der Waals surface area contributed by atoms with Crippen LogP contribution in [0.2, 0.25) is 0 Å². The number of ether oxygens (including phenoxy) is 3. The molecule has 0 radical (unpaired) electrons.